The number of hydrogen-bond donors (Lipinski definition) is 0. The zero-order chi connectivity index (χ0) is 7.56. The quantitative estimate of drug-likeness (QED) is 0.544. The second-order valence-electron chi connectivity index (χ2n) is 3.43. The lowest BCUT2D eigenvalue weighted by molar-refractivity contribution is 0.0213. The molecular weight excluding hydrogens is 124 g/mol. The van der Waals surface area contributed by atoms with Gasteiger partial charge in [0, 0.05) is 7.11 Å². The van der Waals surface area contributed by atoms with Gasteiger partial charge in [-0.05, 0) is 31.1 Å². The molecule has 0 amide bonds. The van der Waals surface area contributed by atoms with Gasteiger partial charge in [0.15, 0.2) is 0 Å². The summed E-state index contributed by atoms with van der Waals surface area (Å²) in [5.74, 6) is 1.38. The maximum Gasteiger partial charge on any atom is 0.0597 e. The first-order valence-corrected chi connectivity index (χ1v) is 4.10. The molecule has 3 atom stereocenters. The second kappa shape index (κ2) is 3.38. The number of methoxy groups -OCH3 is 1. The summed E-state index contributed by atoms with van der Waals surface area (Å²) in [4.78, 5) is 0. The molecule has 1 fully saturated rings. The van der Waals surface area contributed by atoms with Crippen molar-refractivity contribution in [2.45, 2.75) is 32.3 Å². The molecule has 0 spiro atoms. The van der Waals surface area contributed by atoms with E-state index >= 15 is 0 Å². The summed E-state index contributed by atoms with van der Waals surface area (Å²) in [6, 6.07) is 0. The molecule has 1 saturated carbocycles. The van der Waals surface area contributed by atoms with Gasteiger partial charge in [-0.3, -0.25) is 0 Å². The Kier molecular flexibility index (Phi) is 2.72. The van der Waals surface area contributed by atoms with Gasteiger partial charge in [0.05, 0.1) is 6.10 Å². The van der Waals surface area contributed by atoms with Crippen LogP contribution in [-0.4, -0.2) is 13.2 Å². The summed E-state index contributed by atoms with van der Waals surface area (Å²) < 4.78 is 5.32. The molecule has 1 heteroatoms. The third kappa shape index (κ3) is 1.72. The smallest absolute Gasteiger partial charge is 0.0597 e. The first-order chi connectivity index (χ1) is 4.74. The highest BCUT2D eigenvalue weighted by Crippen LogP contribution is 2.29. The van der Waals surface area contributed by atoms with Crippen molar-refractivity contribution in [3.63, 3.8) is 0 Å². The fourth-order valence-electron chi connectivity index (χ4n) is 1.83. The maximum absolute atomic E-state index is 5.32. The van der Waals surface area contributed by atoms with Crippen molar-refractivity contribution in [3.8, 4) is 0 Å². The van der Waals surface area contributed by atoms with Crippen molar-refractivity contribution >= 4 is 0 Å². The van der Waals surface area contributed by atoms with E-state index in [4.69, 9.17) is 4.74 Å². The van der Waals surface area contributed by atoms with E-state index in [-0.39, 0.29) is 0 Å². The zero-order valence-corrected chi connectivity index (χ0v) is 6.97. The summed E-state index contributed by atoms with van der Waals surface area (Å²) in [5, 5.41) is 0. The van der Waals surface area contributed by atoms with Gasteiger partial charge in [-0.2, -0.15) is 0 Å². The van der Waals surface area contributed by atoms with Crippen LogP contribution in [0.15, 0.2) is 0 Å². The van der Waals surface area contributed by atoms with E-state index in [9.17, 15) is 0 Å². The molecule has 0 bridgehead atoms. The van der Waals surface area contributed by atoms with Crippen molar-refractivity contribution in [3.05, 3.63) is 6.92 Å². The molecule has 3 unspecified atom stereocenters. The highest BCUT2D eigenvalue weighted by Gasteiger charge is 2.24. The van der Waals surface area contributed by atoms with Crippen LogP contribution >= 0.6 is 0 Å². The molecular formula is C9H17O. The Labute approximate surface area is 63.8 Å². The van der Waals surface area contributed by atoms with E-state index in [1.165, 1.54) is 19.3 Å². The van der Waals surface area contributed by atoms with Gasteiger partial charge in [-0.1, -0.05) is 13.8 Å². The van der Waals surface area contributed by atoms with Gasteiger partial charge >= 0.3 is 0 Å². The van der Waals surface area contributed by atoms with Gasteiger partial charge in [0.1, 0.15) is 0 Å². The second-order valence-corrected chi connectivity index (χ2v) is 3.43. The third-order valence-electron chi connectivity index (χ3n) is 2.50. The normalized spacial score (nSPS) is 41.7. The van der Waals surface area contributed by atoms with Crippen molar-refractivity contribution in [1.82, 2.24) is 0 Å². The standard InChI is InChI=1S/C9H17O/c1-7-4-5-9(10-3)8(2)6-7/h7-9H,1,4-6H2,2-3H3. The molecule has 0 heterocycles. The lowest BCUT2D eigenvalue weighted by Crippen LogP contribution is -2.27. The van der Waals surface area contributed by atoms with Crippen molar-refractivity contribution < 1.29 is 4.74 Å². The lowest BCUT2D eigenvalue weighted by atomic mass is 9.81. The monoisotopic (exact) mass is 141 g/mol. The van der Waals surface area contributed by atoms with Crippen molar-refractivity contribution in [2.75, 3.05) is 7.11 Å². The van der Waals surface area contributed by atoms with Gasteiger partial charge in [0.25, 0.3) is 0 Å². The van der Waals surface area contributed by atoms with E-state index in [1.807, 2.05) is 7.11 Å². The van der Waals surface area contributed by atoms with Crippen LogP contribution in [0, 0.1) is 18.8 Å². The molecule has 1 rings (SSSR count). The van der Waals surface area contributed by atoms with Crippen molar-refractivity contribution in [2.24, 2.45) is 11.8 Å². The highest BCUT2D eigenvalue weighted by molar-refractivity contribution is 4.78. The average molecular weight is 141 g/mol. The predicted molar refractivity (Wildman–Crippen MR) is 42.7 cm³/mol. The van der Waals surface area contributed by atoms with Crippen LogP contribution in [0.4, 0.5) is 0 Å². The zero-order valence-electron chi connectivity index (χ0n) is 6.97. The summed E-state index contributed by atoms with van der Waals surface area (Å²) in [5.41, 5.74) is 0. The van der Waals surface area contributed by atoms with Crippen molar-refractivity contribution in [1.29, 1.82) is 0 Å². The van der Waals surface area contributed by atoms with E-state index in [0.717, 1.165) is 0 Å². The molecule has 10 heavy (non-hydrogen) atoms. The fourth-order valence-corrected chi connectivity index (χ4v) is 1.83. The molecule has 0 saturated heterocycles. The molecule has 0 aliphatic heterocycles. The Bertz CT molecular complexity index is 101. The van der Waals surface area contributed by atoms with Crippen LogP contribution in [0.5, 0.6) is 0 Å². The SMILES string of the molecule is [CH2]C1CCC(OC)C(C)C1. The molecule has 0 aromatic rings. The largest absolute Gasteiger partial charge is 0.381 e. The first-order valence-electron chi connectivity index (χ1n) is 4.10. The Morgan fingerprint density at radius 2 is 2.10 bits per heavy atom. The molecule has 1 radical (unpaired) electrons. The van der Waals surface area contributed by atoms with E-state index in [1.54, 1.807) is 0 Å². The molecule has 1 aliphatic carbocycles. The number of hydrogen-bond acceptors (Lipinski definition) is 1. The van der Waals surface area contributed by atoms with E-state index < -0.39 is 0 Å². The van der Waals surface area contributed by atoms with Crippen LogP contribution in [0.25, 0.3) is 0 Å². The Morgan fingerprint density at radius 1 is 1.40 bits per heavy atom. The minimum atomic E-state index is 0.498. The summed E-state index contributed by atoms with van der Waals surface area (Å²) in [6.45, 7) is 6.32. The van der Waals surface area contributed by atoms with Gasteiger partial charge in [-0.25, -0.2) is 0 Å². The third-order valence-corrected chi connectivity index (χ3v) is 2.50. The fraction of sp³-hybridized carbons (Fsp3) is 0.889. The molecule has 59 valence electrons. The molecule has 0 aromatic carbocycles. The average Bonchev–Trinajstić information content (AvgIpc) is 1.88. The van der Waals surface area contributed by atoms with Crippen LogP contribution in [-0.2, 0) is 4.74 Å². The Morgan fingerprint density at radius 3 is 2.60 bits per heavy atom. The minimum Gasteiger partial charge on any atom is -0.381 e. The molecule has 0 aromatic heterocycles. The minimum absolute atomic E-state index is 0.498. The highest BCUT2D eigenvalue weighted by atomic mass is 16.5. The van der Waals surface area contributed by atoms with Crippen LogP contribution in [0.1, 0.15) is 26.2 Å². The Hall–Kier alpha value is -0.0400. The summed E-state index contributed by atoms with van der Waals surface area (Å²) in [6.07, 6.45) is 4.17. The van der Waals surface area contributed by atoms with Gasteiger partial charge < -0.3 is 4.74 Å². The lowest BCUT2D eigenvalue weighted by Gasteiger charge is -2.31. The number of rotatable bonds is 1. The molecule has 1 nitrogen and oxygen atoms in total. The van der Waals surface area contributed by atoms with Crippen LogP contribution in [0.3, 0.4) is 0 Å². The number of ether oxygens (including phenoxy) is 1. The summed E-state index contributed by atoms with van der Waals surface area (Å²) >= 11 is 0. The molecule has 1 aliphatic rings. The summed E-state index contributed by atoms with van der Waals surface area (Å²) in [7, 11) is 1.81. The molecule has 0 N–H and O–H groups in total. The van der Waals surface area contributed by atoms with E-state index in [0.29, 0.717) is 17.9 Å². The topological polar surface area (TPSA) is 9.23 Å². The van der Waals surface area contributed by atoms with Crippen LogP contribution < -0.4 is 0 Å². The van der Waals surface area contributed by atoms with E-state index in [2.05, 4.69) is 13.8 Å². The Balaban J connectivity index is 2.36. The van der Waals surface area contributed by atoms with Gasteiger partial charge in [-0.15, -0.1) is 0 Å². The predicted octanol–water partition coefficient (Wildman–Crippen LogP) is 2.27. The first kappa shape index (κ1) is 8.06. The van der Waals surface area contributed by atoms with Gasteiger partial charge in [0.2, 0.25) is 0 Å². The maximum atomic E-state index is 5.32. The van der Waals surface area contributed by atoms with Crippen LogP contribution in [0.2, 0.25) is 0 Å².